The Morgan fingerprint density at radius 1 is 0.962 bits per heavy atom. The lowest BCUT2D eigenvalue weighted by Crippen LogP contribution is -2.38. The van der Waals surface area contributed by atoms with Crippen molar-refractivity contribution in [3.05, 3.63) is 41.7 Å². The van der Waals surface area contributed by atoms with Crippen LogP contribution in [0.4, 0.5) is 5.95 Å². The largest absolute Gasteiger partial charge is 0.378 e. The van der Waals surface area contributed by atoms with Crippen LogP contribution in [-0.2, 0) is 9.47 Å². The molecule has 2 fully saturated rings. The van der Waals surface area contributed by atoms with Crippen LogP contribution >= 0.6 is 0 Å². The fraction of sp³-hybridized carbons (Fsp3) is 0.421. The van der Waals surface area contributed by atoms with E-state index in [1.807, 2.05) is 29.4 Å². The van der Waals surface area contributed by atoms with Crippen LogP contribution < -0.4 is 4.90 Å². The summed E-state index contributed by atoms with van der Waals surface area (Å²) in [6.45, 7) is 4.89. The molecule has 0 radical (unpaired) electrons. The number of aromatic nitrogens is 2. The summed E-state index contributed by atoms with van der Waals surface area (Å²) in [6.07, 6.45) is 3.71. The first kappa shape index (κ1) is 15.7. The molecular weight excluding hydrogens is 332 g/mol. The van der Waals surface area contributed by atoms with Gasteiger partial charge in [-0.1, -0.05) is 6.07 Å². The molecule has 2 saturated heterocycles. The highest BCUT2D eigenvalue weighted by molar-refractivity contribution is 6.00. The fourth-order valence-corrected chi connectivity index (χ4v) is 3.87. The first-order valence-electron chi connectivity index (χ1n) is 8.99. The van der Waals surface area contributed by atoms with Crippen LogP contribution in [0.5, 0.6) is 0 Å². The minimum atomic E-state index is 0.0275. The Kier molecular flexibility index (Phi) is 3.83. The second-order valence-electron chi connectivity index (χ2n) is 6.76. The van der Waals surface area contributed by atoms with Gasteiger partial charge in [-0.15, -0.1) is 0 Å². The van der Waals surface area contributed by atoms with E-state index in [-0.39, 0.29) is 11.9 Å². The molecule has 0 bridgehead atoms. The second-order valence-corrected chi connectivity index (χ2v) is 6.76. The highest BCUT2D eigenvalue weighted by atomic mass is 16.5. The molecular formula is C19H20N4O3. The van der Waals surface area contributed by atoms with Crippen molar-refractivity contribution in [1.29, 1.82) is 0 Å². The summed E-state index contributed by atoms with van der Waals surface area (Å²) in [4.78, 5) is 25.6. The average molecular weight is 352 g/mol. The number of anilines is 1. The smallest absolute Gasteiger partial charge is 0.254 e. The summed E-state index contributed by atoms with van der Waals surface area (Å²) >= 11 is 0. The van der Waals surface area contributed by atoms with E-state index >= 15 is 0 Å². The molecule has 3 aliphatic rings. The van der Waals surface area contributed by atoms with Gasteiger partial charge in [0.25, 0.3) is 5.91 Å². The molecule has 3 aliphatic heterocycles. The number of ether oxygens (including phenoxy) is 2. The van der Waals surface area contributed by atoms with Crippen LogP contribution in [0.3, 0.4) is 0 Å². The maximum atomic E-state index is 12.5. The van der Waals surface area contributed by atoms with Crippen LogP contribution in [0.2, 0.25) is 0 Å². The summed E-state index contributed by atoms with van der Waals surface area (Å²) in [5.74, 6) is 0.846. The van der Waals surface area contributed by atoms with Crippen molar-refractivity contribution in [1.82, 2.24) is 14.9 Å². The number of amides is 1. The van der Waals surface area contributed by atoms with Crippen molar-refractivity contribution in [2.24, 2.45) is 0 Å². The number of hydrogen-bond donors (Lipinski definition) is 0. The second kappa shape index (κ2) is 6.34. The molecule has 1 atom stereocenters. The van der Waals surface area contributed by atoms with Gasteiger partial charge in [-0.3, -0.25) is 4.79 Å². The van der Waals surface area contributed by atoms with Gasteiger partial charge in [-0.05, 0) is 23.3 Å². The molecule has 4 heterocycles. The number of carbonyl (C=O) groups is 1. The van der Waals surface area contributed by atoms with Crippen molar-refractivity contribution in [3.63, 3.8) is 0 Å². The van der Waals surface area contributed by atoms with Gasteiger partial charge in [0.1, 0.15) is 0 Å². The van der Waals surface area contributed by atoms with Crippen molar-refractivity contribution < 1.29 is 14.3 Å². The highest BCUT2D eigenvalue weighted by Crippen LogP contribution is 2.37. The molecule has 5 rings (SSSR count). The Morgan fingerprint density at radius 2 is 1.73 bits per heavy atom. The zero-order chi connectivity index (χ0) is 17.5. The minimum Gasteiger partial charge on any atom is -0.378 e. The summed E-state index contributed by atoms with van der Waals surface area (Å²) in [7, 11) is 0. The molecule has 1 amide bonds. The lowest BCUT2D eigenvalue weighted by molar-refractivity contribution is 0.00444. The number of morpholine rings is 2. The van der Waals surface area contributed by atoms with E-state index in [1.165, 1.54) is 0 Å². The predicted molar refractivity (Wildman–Crippen MR) is 95.1 cm³/mol. The first-order chi connectivity index (χ1) is 12.8. The van der Waals surface area contributed by atoms with Crippen LogP contribution in [0.1, 0.15) is 22.0 Å². The van der Waals surface area contributed by atoms with E-state index in [9.17, 15) is 4.79 Å². The topological polar surface area (TPSA) is 67.8 Å². The Hall–Kier alpha value is -2.51. The molecule has 26 heavy (non-hydrogen) atoms. The molecule has 7 nitrogen and oxygen atoms in total. The lowest BCUT2D eigenvalue weighted by atomic mass is 9.99. The van der Waals surface area contributed by atoms with Crippen LogP contribution in [0.25, 0.3) is 11.1 Å². The van der Waals surface area contributed by atoms with Crippen LogP contribution in [0.15, 0.2) is 30.6 Å². The molecule has 0 spiro atoms. The van der Waals surface area contributed by atoms with Gasteiger partial charge in [-0.25, -0.2) is 9.97 Å². The fourth-order valence-electron chi connectivity index (χ4n) is 3.87. The van der Waals surface area contributed by atoms with Crippen LogP contribution in [-0.4, -0.2) is 66.8 Å². The van der Waals surface area contributed by atoms with E-state index in [4.69, 9.17) is 9.47 Å². The Morgan fingerprint density at radius 3 is 2.54 bits per heavy atom. The van der Waals surface area contributed by atoms with E-state index in [0.29, 0.717) is 33.0 Å². The van der Waals surface area contributed by atoms with E-state index in [1.54, 1.807) is 0 Å². The number of fused-ring (bicyclic) bond motifs is 3. The molecule has 0 saturated carbocycles. The summed E-state index contributed by atoms with van der Waals surface area (Å²) in [5.41, 5.74) is 3.81. The van der Waals surface area contributed by atoms with Crippen molar-refractivity contribution >= 4 is 11.9 Å². The maximum Gasteiger partial charge on any atom is 0.254 e. The quantitative estimate of drug-likeness (QED) is 0.816. The standard InChI is InChI=1S/C19H20N4O3/c24-18-15-2-1-13(9-16(15)17-12-26-8-5-23(17)18)14-10-20-19(21-11-14)22-3-6-25-7-4-22/h1-2,9-11,17H,3-8,12H2. The molecule has 134 valence electrons. The van der Waals surface area contributed by atoms with Crippen molar-refractivity contribution in [3.8, 4) is 11.1 Å². The van der Waals surface area contributed by atoms with E-state index in [0.717, 1.165) is 41.3 Å². The monoisotopic (exact) mass is 352 g/mol. The molecule has 0 N–H and O–H groups in total. The van der Waals surface area contributed by atoms with E-state index in [2.05, 4.69) is 20.9 Å². The molecule has 1 aromatic heterocycles. The number of benzene rings is 1. The van der Waals surface area contributed by atoms with Gasteiger partial charge < -0.3 is 19.3 Å². The van der Waals surface area contributed by atoms with Gasteiger partial charge in [0.15, 0.2) is 0 Å². The van der Waals surface area contributed by atoms with Gasteiger partial charge in [0, 0.05) is 43.2 Å². The van der Waals surface area contributed by atoms with E-state index < -0.39 is 0 Å². The normalized spacial score (nSPS) is 22.3. The van der Waals surface area contributed by atoms with Gasteiger partial charge in [0.05, 0.1) is 32.5 Å². The third-order valence-electron chi connectivity index (χ3n) is 5.30. The zero-order valence-electron chi connectivity index (χ0n) is 14.4. The first-order valence-corrected chi connectivity index (χ1v) is 8.99. The summed E-state index contributed by atoms with van der Waals surface area (Å²) < 4.78 is 11.0. The molecule has 7 heteroatoms. The molecule has 1 aromatic carbocycles. The Balaban J connectivity index is 1.43. The zero-order valence-corrected chi connectivity index (χ0v) is 14.4. The van der Waals surface area contributed by atoms with Crippen molar-refractivity contribution in [2.75, 3.05) is 51.0 Å². The van der Waals surface area contributed by atoms with Gasteiger partial charge >= 0.3 is 0 Å². The summed E-state index contributed by atoms with van der Waals surface area (Å²) in [5, 5.41) is 0. The highest BCUT2D eigenvalue weighted by Gasteiger charge is 2.38. The number of hydrogen-bond acceptors (Lipinski definition) is 6. The molecule has 2 aromatic rings. The Labute approximate surface area is 151 Å². The third kappa shape index (κ3) is 2.55. The van der Waals surface area contributed by atoms with Gasteiger partial charge in [0.2, 0.25) is 5.95 Å². The third-order valence-corrected chi connectivity index (χ3v) is 5.30. The summed E-state index contributed by atoms with van der Waals surface area (Å²) in [6, 6.07) is 6.00. The molecule has 0 aliphatic carbocycles. The maximum absolute atomic E-state index is 12.5. The average Bonchev–Trinajstić information content (AvgIpc) is 3.01. The van der Waals surface area contributed by atoms with Crippen LogP contribution in [0, 0.1) is 0 Å². The Bertz CT molecular complexity index is 833. The molecule has 1 unspecified atom stereocenters. The number of nitrogens with zero attached hydrogens (tertiary/aromatic N) is 4. The minimum absolute atomic E-state index is 0.0275. The number of rotatable bonds is 2. The van der Waals surface area contributed by atoms with Crippen molar-refractivity contribution in [2.45, 2.75) is 6.04 Å². The van der Waals surface area contributed by atoms with Gasteiger partial charge in [-0.2, -0.15) is 0 Å². The predicted octanol–water partition coefficient (Wildman–Crippen LogP) is 1.51. The SMILES string of the molecule is O=C1c2ccc(-c3cnc(N4CCOCC4)nc3)cc2C2COCCN12. The number of carbonyl (C=O) groups excluding carboxylic acids is 1. The lowest BCUT2D eigenvalue weighted by Gasteiger charge is -2.29.